The summed E-state index contributed by atoms with van der Waals surface area (Å²) in [4.78, 5) is 19.7. The molecule has 0 bridgehead atoms. The number of nitrogen functional groups attached to an aromatic ring is 1. The number of hydrogen-bond acceptors (Lipinski definition) is 5. The molecular weight excluding hydrogens is 268 g/mol. The van der Waals surface area contributed by atoms with Gasteiger partial charge in [-0.3, -0.25) is 9.78 Å². The van der Waals surface area contributed by atoms with Gasteiger partial charge in [-0.15, -0.1) is 0 Å². The molecule has 3 aromatic rings. The summed E-state index contributed by atoms with van der Waals surface area (Å²) in [5.74, 6) is -0.00599. The van der Waals surface area contributed by atoms with E-state index in [2.05, 4.69) is 9.97 Å². The van der Waals surface area contributed by atoms with Crippen LogP contribution < -0.4 is 16.2 Å². The summed E-state index contributed by atoms with van der Waals surface area (Å²) in [5, 5.41) is 0.770. The molecule has 0 atom stereocenters. The topological polar surface area (TPSA) is 104 Å². The van der Waals surface area contributed by atoms with Gasteiger partial charge in [0.05, 0.1) is 0 Å². The zero-order chi connectivity index (χ0) is 14.8. The Morgan fingerprint density at radius 2 is 1.81 bits per heavy atom. The van der Waals surface area contributed by atoms with Crippen LogP contribution >= 0.6 is 0 Å². The third-order valence-electron chi connectivity index (χ3n) is 3.01. The lowest BCUT2D eigenvalue weighted by Crippen LogP contribution is -2.12. The van der Waals surface area contributed by atoms with Gasteiger partial charge in [0.25, 0.3) is 5.91 Å². The second-order valence-electron chi connectivity index (χ2n) is 4.37. The van der Waals surface area contributed by atoms with E-state index >= 15 is 0 Å². The van der Waals surface area contributed by atoms with Crippen LogP contribution in [-0.4, -0.2) is 15.9 Å². The number of carbonyl (C=O) groups is 1. The Balaban J connectivity index is 2.11. The molecule has 4 N–H and O–H groups in total. The highest BCUT2D eigenvalue weighted by Gasteiger charge is 2.13. The maximum atomic E-state index is 11.4. The average molecular weight is 280 g/mol. The Kier molecular flexibility index (Phi) is 3.12. The number of pyridine rings is 2. The van der Waals surface area contributed by atoms with E-state index in [9.17, 15) is 4.79 Å². The van der Waals surface area contributed by atoms with Crippen LogP contribution in [0, 0.1) is 0 Å². The molecule has 0 saturated carbocycles. The summed E-state index contributed by atoms with van der Waals surface area (Å²) in [5.41, 5.74) is 12.6. The van der Waals surface area contributed by atoms with Crippen LogP contribution in [-0.2, 0) is 0 Å². The number of amides is 1. The first-order chi connectivity index (χ1) is 10.2. The average Bonchev–Trinajstić information content (AvgIpc) is 2.51. The quantitative estimate of drug-likeness (QED) is 0.715. The molecule has 0 aliphatic rings. The van der Waals surface area contributed by atoms with Gasteiger partial charge in [0, 0.05) is 23.5 Å². The third-order valence-corrected chi connectivity index (χ3v) is 3.01. The number of benzene rings is 1. The van der Waals surface area contributed by atoms with Gasteiger partial charge >= 0.3 is 0 Å². The molecule has 6 nitrogen and oxygen atoms in total. The van der Waals surface area contributed by atoms with Crippen molar-refractivity contribution in [2.45, 2.75) is 0 Å². The van der Waals surface area contributed by atoms with Crippen LogP contribution in [0.5, 0.6) is 11.6 Å². The summed E-state index contributed by atoms with van der Waals surface area (Å²) in [6.07, 6.45) is 3.16. The summed E-state index contributed by atoms with van der Waals surface area (Å²) in [6, 6.07) is 10.2. The van der Waals surface area contributed by atoms with Gasteiger partial charge in [-0.2, -0.15) is 0 Å². The first-order valence-corrected chi connectivity index (χ1v) is 6.22. The number of carbonyl (C=O) groups excluding carboxylic acids is 1. The van der Waals surface area contributed by atoms with Crippen LogP contribution in [0.1, 0.15) is 10.4 Å². The molecule has 6 heteroatoms. The van der Waals surface area contributed by atoms with Gasteiger partial charge in [0.15, 0.2) is 5.75 Å². The van der Waals surface area contributed by atoms with Crippen molar-refractivity contribution < 1.29 is 9.53 Å². The lowest BCUT2D eigenvalue weighted by Gasteiger charge is -2.10. The van der Waals surface area contributed by atoms with E-state index in [1.807, 2.05) is 6.07 Å². The molecule has 0 aliphatic heterocycles. The molecule has 21 heavy (non-hydrogen) atoms. The molecule has 0 fully saturated rings. The largest absolute Gasteiger partial charge is 0.436 e. The van der Waals surface area contributed by atoms with Crippen molar-refractivity contribution in [1.29, 1.82) is 0 Å². The fourth-order valence-electron chi connectivity index (χ4n) is 2.01. The molecule has 0 radical (unpaired) electrons. The number of hydrogen-bond donors (Lipinski definition) is 2. The zero-order valence-corrected chi connectivity index (χ0v) is 11.0. The minimum Gasteiger partial charge on any atom is -0.436 e. The number of primary amides is 1. The molecule has 2 heterocycles. The van der Waals surface area contributed by atoms with Gasteiger partial charge in [-0.05, 0) is 36.4 Å². The van der Waals surface area contributed by atoms with Crippen molar-refractivity contribution in [2.24, 2.45) is 5.73 Å². The number of aromatic nitrogens is 2. The van der Waals surface area contributed by atoms with Gasteiger partial charge in [0.1, 0.15) is 11.1 Å². The van der Waals surface area contributed by atoms with E-state index in [-0.39, 0.29) is 11.4 Å². The fourth-order valence-corrected chi connectivity index (χ4v) is 2.01. The van der Waals surface area contributed by atoms with Gasteiger partial charge < -0.3 is 16.2 Å². The van der Waals surface area contributed by atoms with Crippen LogP contribution in [0.15, 0.2) is 48.8 Å². The number of nitrogens with two attached hydrogens (primary N) is 2. The summed E-state index contributed by atoms with van der Waals surface area (Å²) in [6.45, 7) is 0. The lowest BCUT2D eigenvalue weighted by atomic mass is 10.1. The van der Waals surface area contributed by atoms with Crippen LogP contribution in [0.25, 0.3) is 10.9 Å². The minimum absolute atomic E-state index is 0.140. The summed E-state index contributed by atoms with van der Waals surface area (Å²) in [7, 11) is 0. The van der Waals surface area contributed by atoms with E-state index in [1.165, 1.54) is 6.20 Å². The van der Waals surface area contributed by atoms with E-state index in [4.69, 9.17) is 16.2 Å². The second-order valence-corrected chi connectivity index (χ2v) is 4.37. The molecule has 2 aromatic heterocycles. The predicted octanol–water partition coefficient (Wildman–Crippen LogP) is 2.10. The zero-order valence-electron chi connectivity index (χ0n) is 11.0. The summed E-state index contributed by atoms with van der Waals surface area (Å²) >= 11 is 0. The molecule has 0 saturated heterocycles. The summed E-state index contributed by atoms with van der Waals surface area (Å²) < 4.78 is 5.71. The number of fused-ring (bicyclic) bond motifs is 1. The Hall–Kier alpha value is -3.15. The second kappa shape index (κ2) is 5.09. The molecule has 0 unspecified atom stereocenters. The smallest absolute Gasteiger partial charge is 0.254 e. The van der Waals surface area contributed by atoms with Crippen molar-refractivity contribution in [3.8, 4) is 11.6 Å². The lowest BCUT2D eigenvalue weighted by molar-refractivity contribution is 0.0997. The number of ether oxygens (including phenoxy) is 1. The third kappa shape index (κ3) is 2.34. The van der Waals surface area contributed by atoms with E-state index in [0.29, 0.717) is 17.0 Å². The fraction of sp³-hybridized carbons (Fsp3) is 0. The normalized spacial score (nSPS) is 10.5. The van der Waals surface area contributed by atoms with Crippen molar-refractivity contribution in [1.82, 2.24) is 9.97 Å². The van der Waals surface area contributed by atoms with Crippen molar-refractivity contribution in [3.63, 3.8) is 0 Å². The van der Waals surface area contributed by atoms with Crippen molar-refractivity contribution in [2.75, 3.05) is 5.73 Å². The SMILES string of the molecule is NC(=O)c1cccnc1Oc1ccc(N)c2cccnc12. The van der Waals surface area contributed by atoms with E-state index < -0.39 is 5.91 Å². The van der Waals surface area contributed by atoms with Crippen molar-refractivity contribution in [3.05, 3.63) is 54.4 Å². The minimum atomic E-state index is -0.606. The maximum Gasteiger partial charge on any atom is 0.254 e. The molecule has 0 spiro atoms. The van der Waals surface area contributed by atoms with Crippen LogP contribution in [0.4, 0.5) is 5.69 Å². The molecule has 0 aliphatic carbocycles. The standard InChI is InChI=1S/C15H12N4O2/c16-11-5-6-12(13-9(11)3-1-7-18-13)21-15-10(14(17)20)4-2-8-19-15/h1-8H,16H2,(H2,17,20). The first-order valence-electron chi connectivity index (χ1n) is 6.22. The van der Waals surface area contributed by atoms with Gasteiger partial charge in [-0.25, -0.2) is 4.98 Å². The van der Waals surface area contributed by atoms with Gasteiger partial charge in [0.2, 0.25) is 5.88 Å². The molecule has 1 aromatic carbocycles. The molecule has 1 amide bonds. The van der Waals surface area contributed by atoms with E-state index in [1.54, 1.807) is 36.5 Å². The molecular formula is C15H12N4O2. The first kappa shape index (κ1) is 12.9. The Labute approximate surface area is 120 Å². The Bertz CT molecular complexity index is 833. The Morgan fingerprint density at radius 3 is 2.62 bits per heavy atom. The highest BCUT2D eigenvalue weighted by molar-refractivity contribution is 5.96. The van der Waals surface area contributed by atoms with Crippen LogP contribution in [0.3, 0.4) is 0 Å². The number of anilines is 1. The van der Waals surface area contributed by atoms with Crippen LogP contribution in [0.2, 0.25) is 0 Å². The Morgan fingerprint density at radius 1 is 1.05 bits per heavy atom. The monoisotopic (exact) mass is 280 g/mol. The highest BCUT2D eigenvalue weighted by Crippen LogP contribution is 2.31. The van der Waals surface area contributed by atoms with Gasteiger partial charge in [-0.1, -0.05) is 0 Å². The maximum absolute atomic E-state index is 11.4. The number of rotatable bonds is 3. The predicted molar refractivity (Wildman–Crippen MR) is 79.0 cm³/mol. The number of nitrogens with zero attached hydrogens (tertiary/aromatic N) is 2. The highest BCUT2D eigenvalue weighted by atomic mass is 16.5. The molecule has 3 rings (SSSR count). The van der Waals surface area contributed by atoms with E-state index in [0.717, 1.165) is 5.39 Å². The molecule has 104 valence electrons. The van der Waals surface area contributed by atoms with Crippen molar-refractivity contribution >= 4 is 22.5 Å².